The number of aromatic amines is 1. The van der Waals surface area contributed by atoms with E-state index in [0.717, 1.165) is 12.1 Å². The molecule has 3 aromatic rings. The van der Waals surface area contributed by atoms with Gasteiger partial charge in [-0.3, -0.25) is 4.79 Å². The molecule has 0 unspecified atom stereocenters. The lowest BCUT2D eigenvalue weighted by Crippen LogP contribution is -2.39. The molecule has 3 N–H and O–H groups in total. The first-order valence-corrected chi connectivity index (χ1v) is 9.28. The van der Waals surface area contributed by atoms with Gasteiger partial charge in [-0.15, -0.1) is 0 Å². The number of nitrogens with one attached hydrogen (secondary N) is 2. The number of fused-ring (bicyclic) bond motifs is 3. The third-order valence-corrected chi connectivity index (χ3v) is 5.33. The average Bonchev–Trinajstić information content (AvgIpc) is 2.71. The number of halogens is 3. The Labute approximate surface area is 173 Å². The fraction of sp³-hybridized carbons (Fsp3) is 0.200. The van der Waals surface area contributed by atoms with Crippen molar-refractivity contribution in [2.75, 3.05) is 19.0 Å². The fourth-order valence-electron chi connectivity index (χ4n) is 3.49. The Morgan fingerprint density at radius 3 is 2.67 bits per heavy atom. The van der Waals surface area contributed by atoms with Crippen molar-refractivity contribution in [3.63, 3.8) is 0 Å². The van der Waals surface area contributed by atoms with Crippen LogP contribution >= 0.6 is 11.6 Å². The molecule has 4 rings (SSSR count). The van der Waals surface area contributed by atoms with Gasteiger partial charge in [-0.25, -0.2) is 13.6 Å². The summed E-state index contributed by atoms with van der Waals surface area (Å²) in [4.78, 5) is 29.1. The molecule has 2 amide bonds. The van der Waals surface area contributed by atoms with Gasteiger partial charge in [0.15, 0.2) is 11.6 Å². The average molecular weight is 436 g/mol. The van der Waals surface area contributed by atoms with E-state index in [1.807, 2.05) is 0 Å². The second-order valence-corrected chi connectivity index (χ2v) is 7.30. The largest absolute Gasteiger partial charge is 0.506 e. The number of rotatable bonds is 2. The minimum absolute atomic E-state index is 0.0151. The van der Waals surface area contributed by atoms with Crippen LogP contribution in [0.5, 0.6) is 5.75 Å². The van der Waals surface area contributed by atoms with Crippen molar-refractivity contribution >= 4 is 34.1 Å². The van der Waals surface area contributed by atoms with Gasteiger partial charge in [0.2, 0.25) is 0 Å². The van der Waals surface area contributed by atoms with Crippen LogP contribution in [-0.4, -0.2) is 34.7 Å². The number of likely N-dealkylation sites (N-methyl/N-ethyl adjacent to an activating group) is 1. The second-order valence-electron chi connectivity index (χ2n) is 6.90. The van der Waals surface area contributed by atoms with Gasteiger partial charge in [0.25, 0.3) is 5.56 Å². The number of nitrogens with zero attached hydrogens (tertiary/aromatic N) is 1. The summed E-state index contributed by atoms with van der Waals surface area (Å²) in [5.41, 5.74) is 0.655. The molecule has 1 aliphatic heterocycles. The number of aromatic hydroxyl groups is 1. The number of H-pyrrole nitrogens is 1. The monoisotopic (exact) mass is 435 g/mol. The molecule has 0 saturated heterocycles. The van der Waals surface area contributed by atoms with Gasteiger partial charge in [0.05, 0.1) is 29.7 Å². The lowest BCUT2D eigenvalue weighted by Gasteiger charge is -2.33. The number of phenols is 1. The van der Waals surface area contributed by atoms with E-state index in [-0.39, 0.29) is 34.8 Å². The predicted molar refractivity (Wildman–Crippen MR) is 107 cm³/mol. The zero-order chi connectivity index (χ0) is 21.6. The summed E-state index contributed by atoms with van der Waals surface area (Å²) in [6, 6.07) is 4.80. The molecule has 0 bridgehead atoms. The Morgan fingerprint density at radius 1 is 1.27 bits per heavy atom. The van der Waals surface area contributed by atoms with E-state index in [4.69, 9.17) is 16.3 Å². The minimum Gasteiger partial charge on any atom is -0.506 e. The molecule has 0 fully saturated rings. The molecule has 2 aromatic carbocycles. The molecular weight excluding hydrogens is 420 g/mol. The molecule has 1 aromatic heterocycles. The molecule has 156 valence electrons. The standard InChI is InChI=1S/C20H16ClF2N3O4/c1-26(20(29)24-9-2-3-17(27)12(21)4-9)16-8-30-7-15-18(16)10-5-13(22)14(23)6-11(10)19(28)25-15/h2-6,16,27H,7-8H2,1H3,(H,24,29)(H,25,28)/t16-/m1/s1. The molecule has 0 aliphatic carbocycles. The topological polar surface area (TPSA) is 94.7 Å². The molecule has 2 heterocycles. The van der Waals surface area contributed by atoms with Crippen LogP contribution < -0.4 is 10.9 Å². The molecule has 10 heteroatoms. The number of benzene rings is 2. The number of urea groups is 1. The first-order chi connectivity index (χ1) is 14.3. The number of amides is 2. The SMILES string of the molecule is CN(C(=O)Nc1ccc(O)c(Cl)c1)[C@@H]1COCc2[nH]c(=O)c3cc(F)c(F)cc3c21. The molecule has 30 heavy (non-hydrogen) atoms. The van der Waals surface area contributed by atoms with Gasteiger partial charge in [0.1, 0.15) is 5.75 Å². The van der Waals surface area contributed by atoms with Crippen molar-refractivity contribution in [3.05, 3.63) is 68.6 Å². The van der Waals surface area contributed by atoms with Crippen LogP contribution in [-0.2, 0) is 11.3 Å². The number of ether oxygens (including phenoxy) is 1. The molecule has 0 radical (unpaired) electrons. The van der Waals surface area contributed by atoms with Gasteiger partial charge in [-0.05, 0) is 35.7 Å². The highest BCUT2D eigenvalue weighted by atomic mass is 35.5. The number of anilines is 1. The second kappa shape index (κ2) is 7.58. The Kier molecular flexibility index (Phi) is 5.08. The molecule has 1 aliphatic rings. The fourth-order valence-corrected chi connectivity index (χ4v) is 3.67. The number of carbonyl (C=O) groups excluding carboxylic acids is 1. The van der Waals surface area contributed by atoms with Crippen LogP contribution in [0.1, 0.15) is 17.3 Å². The third-order valence-electron chi connectivity index (χ3n) is 5.03. The van der Waals surface area contributed by atoms with Gasteiger partial charge in [-0.2, -0.15) is 0 Å². The minimum atomic E-state index is -1.13. The number of hydrogen-bond donors (Lipinski definition) is 3. The smallest absolute Gasteiger partial charge is 0.322 e. The Bertz CT molecular complexity index is 1230. The number of phenolic OH excluding ortho intramolecular Hbond substituents is 1. The van der Waals surface area contributed by atoms with Gasteiger partial charge >= 0.3 is 6.03 Å². The molecule has 7 nitrogen and oxygen atoms in total. The maximum Gasteiger partial charge on any atom is 0.322 e. The normalized spacial score (nSPS) is 15.7. The van der Waals surface area contributed by atoms with Crippen LogP contribution in [0.2, 0.25) is 5.02 Å². The summed E-state index contributed by atoms with van der Waals surface area (Å²) in [6.45, 7) is 0.159. The van der Waals surface area contributed by atoms with Gasteiger partial charge in [-0.1, -0.05) is 11.6 Å². The summed E-state index contributed by atoms with van der Waals surface area (Å²) in [7, 11) is 1.51. The maximum atomic E-state index is 14.0. The maximum absolute atomic E-state index is 14.0. The van der Waals surface area contributed by atoms with Crippen LogP contribution in [0.25, 0.3) is 10.8 Å². The Hall–Kier alpha value is -3.17. The van der Waals surface area contributed by atoms with Crippen molar-refractivity contribution in [1.29, 1.82) is 0 Å². The van der Waals surface area contributed by atoms with E-state index >= 15 is 0 Å². The van der Waals surface area contributed by atoms with Crippen LogP contribution in [0.3, 0.4) is 0 Å². The van der Waals surface area contributed by atoms with Crippen molar-refractivity contribution < 1.29 is 23.4 Å². The Morgan fingerprint density at radius 2 is 1.97 bits per heavy atom. The molecule has 0 saturated carbocycles. The highest BCUT2D eigenvalue weighted by molar-refractivity contribution is 6.32. The first-order valence-electron chi connectivity index (χ1n) is 8.90. The van der Waals surface area contributed by atoms with E-state index in [0.29, 0.717) is 16.9 Å². The summed E-state index contributed by atoms with van der Waals surface area (Å²) in [6.07, 6.45) is 0. The predicted octanol–water partition coefficient (Wildman–Crippen LogP) is 3.90. The lowest BCUT2D eigenvalue weighted by molar-refractivity contribution is 0.0527. The van der Waals surface area contributed by atoms with E-state index in [9.17, 15) is 23.5 Å². The quantitative estimate of drug-likeness (QED) is 0.532. The summed E-state index contributed by atoms with van der Waals surface area (Å²) < 4.78 is 33.2. The van der Waals surface area contributed by atoms with E-state index in [1.165, 1.54) is 30.1 Å². The lowest BCUT2D eigenvalue weighted by atomic mass is 9.95. The van der Waals surface area contributed by atoms with Crippen molar-refractivity contribution in [2.45, 2.75) is 12.6 Å². The van der Waals surface area contributed by atoms with E-state index in [2.05, 4.69) is 10.3 Å². The first kappa shape index (κ1) is 20.1. The van der Waals surface area contributed by atoms with Crippen molar-refractivity contribution in [2.24, 2.45) is 0 Å². The van der Waals surface area contributed by atoms with E-state index < -0.39 is 29.3 Å². The Balaban J connectivity index is 1.73. The van der Waals surface area contributed by atoms with Crippen molar-refractivity contribution in [3.8, 4) is 5.75 Å². The van der Waals surface area contributed by atoms with E-state index in [1.54, 1.807) is 0 Å². The molecule has 0 spiro atoms. The number of hydrogen-bond acceptors (Lipinski definition) is 4. The van der Waals surface area contributed by atoms with Gasteiger partial charge < -0.3 is 25.0 Å². The van der Waals surface area contributed by atoms with Crippen LogP contribution in [0, 0.1) is 11.6 Å². The zero-order valence-electron chi connectivity index (χ0n) is 15.6. The number of aromatic nitrogens is 1. The number of pyridine rings is 1. The number of carbonyl (C=O) groups is 1. The van der Waals surface area contributed by atoms with Crippen LogP contribution in [0.4, 0.5) is 19.3 Å². The summed E-state index contributed by atoms with van der Waals surface area (Å²) in [5, 5.41) is 12.4. The van der Waals surface area contributed by atoms with Crippen LogP contribution in [0.15, 0.2) is 35.1 Å². The highest BCUT2D eigenvalue weighted by Crippen LogP contribution is 2.34. The molecular formula is C20H16ClF2N3O4. The van der Waals surface area contributed by atoms with Gasteiger partial charge in [0, 0.05) is 24.0 Å². The third kappa shape index (κ3) is 3.46. The zero-order valence-corrected chi connectivity index (χ0v) is 16.4. The van der Waals surface area contributed by atoms with Crippen molar-refractivity contribution in [1.82, 2.24) is 9.88 Å². The summed E-state index contributed by atoms with van der Waals surface area (Å²) in [5.74, 6) is -2.35. The molecule has 1 atom stereocenters. The highest BCUT2D eigenvalue weighted by Gasteiger charge is 2.31. The summed E-state index contributed by atoms with van der Waals surface area (Å²) >= 11 is 5.87.